The Morgan fingerprint density at radius 3 is 2.56 bits per heavy atom. The molecule has 0 unspecified atom stereocenters. The van der Waals surface area contributed by atoms with E-state index in [0.717, 1.165) is 22.6 Å². The standard InChI is InChI=1S/C20H25NO4S2/c1-3-10-25-18-6-4-16(5-7-18)20(22)21(13-19-15(2)8-11-26-19)17-9-12-27(23,24)14-17/h4-8,11,17H,3,9-10,12-14H2,1-2H3/t17-/m0/s1. The molecule has 1 atom stereocenters. The van der Waals surface area contributed by atoms with Gasteiger partial charge in [0.25, 0.3) is 5.91 Å². The minimum atomic E-state index is -3.07. The maximum Gasteiger partial charge on any atom is 0.254 e. The fourth-order valence-electron chi connectivity index (χ4n) is 3.19. The van der Waals surface area contributed by atoms with Crippen molar-refractivity contribution in [2.45, 2.75) is 39.3 Å². The zero-order valence-corrected chi connectivity index (χ0v) is 17.3. The molecule has 1 amide bonds. The fraction of sp³-hybridized carbons (Fsp3) is 0.450. The largest absolute Gasteiger partial charge is 0.494 e. The molecule has 2 aromatic rings. The summed E-state index contributed by atoms with van der Waals surface area (Å²) in [5, 5.41) is 2.00. The van der Waals surface area contributed by atoms with Gasteiger partial charge in [-0.3, -0.25) is 4.79 Å². The zero-order valence-electron chi connectivity index (χ0n) is 15.7. The van der Waals surface area contributed by atoms with Crippen LogP contribution in [0.4, 0.5) is 0 Å². The first kappa shape index (κ1) is 19.9. The number of carbonyl (C=O) groups is 1. The second kappa shape index (κ2) is 8.44. The minimum Gasteiger partial charge on any atom is -0.494 e. The number of hydrogen-bond donors (Lipinski definition) is 0. The van der Waals surface area contributed by atoms with Crippen LogP contribution in [-0.4, -0.2) is 43.4 Å². The Balaban J connectivity index is 1.83. The predicted molar refractivity (Wildman–Crippen MR) is 108 cm³/mol. The van der Waals surface area contributed by atoms with E-state index in [9.17, 15) is 13.2 Å². The third-order valence-corrected chi connectivity index (χ3v) is 7.52. The lowest BCUT2D eigenvalue weighted by Gasteiger charge is -2.28. The minimum absolute atomic E-state index is 0.0425. The first-order valence-electron chi connectivity index (χ1n) is 9.17. The van der Waals surface area contributed by atoms with Gasteiger partial charge in [0.1, 0.15) is 5.75 Å². The van der Waals surface area contributed by atoms with Gasteiger partial charge in [-0.1, -0.05) is 6.92 Å². The number of aryl methyl sites for hydroxylation is 1. The van der Waals surface area contributed by atoms with Crippen LogP contribution in [0.1, 0.15) is 40.6 Å². The SMILES string of the molecule is CCCOc1ccc(C(=O)N(Cc2sccc2C)[C@H]2CCS(=O)(=O)C2)cc1. The lowest BCUT2D eigenvalue weighted by atomic mass is 10.1. The summed E-state index contributed by atoms with van der Waals surface area (Å²) in [5.74, 6) is 0.791. The Kier molecular flexibility index (Phi) is 6.22. The average molecular weight is 408 g/mol. The molecule has 1 aromatic carbocycles. The van der Waals surface area contributed by atoms with Crippen molar-refractivity contribution < 1.29 is 17.9 Å². The van der Waals surface area contributed by atoms with Crippen LogP contribution in [0.3, 0.4) is 0 Å². The van der Waals surface area contributed by atoms with Crippen LogP contribution in [0.5, 0.6) is 5.75 Å². The summed E-state index contributed by atoms with van der Waals surface area (Å²) < 4.78 is 29.5. The molecule has 0 radical (unpaired) electrons. The first-order chi connectivity index (χ1) is 12.9. The summed E-state index contributed by atoms with van der Waals surface area (Å²) in [6.45, 7) is 5.13. The molecule has 0 saturated carbocycles. The molecule has 1 aliphatic heterocycles. The Bertz CT molecular complexity index is 887. The lowest BCUT2D eigenvalue weighted by Crippen LogP contribution is -2.40. The molecule has 0 aliphatic carbocycles. The van der Waals surface area contributed by atoms with E-state index < -0.39 is 9.84 Å². The van der Waals surface area contributed by atoms with Crippen LogP contribution >= 0.6 is 11.3 Å². The third kappa shape index (κ3) is 4.90. The van der Waals surface area contributed by atoms with Crippen LogP contribution in [0.2, 0.25) is 0 Å². The van der Waals surface area contributed by atoms with Crippen molar-refractivity contribution in [3.8, 4) is 5.75 Å². The highest BCUT2D eigenvalue weighted by molar-refractivity contribution is 7.91. The highest BCUT2D eigenvalue weighted by Crippen LogP contribution is 2.26. The average Bonchev–Trinajstić information content (AvgIpc) is 3.22. The van der Waals surface area contributed by atoms with E-state index in [4.69, 9.17) is 4.74 Å². The molecule has 2 heterocycles. The monoisotopic (exact) mass is 407 g/mol. The van der Waals surface area contributed by atoms with Gasteiger partial charge in [-0.25, -0.2) is 8.42 Å². The Morgan fingerprint density at radius 1 is 1.26 bits per heavy atom. The van der Waals surface area contributed by atoms with E-state index in [2.05, 4.69) is 0 Å². The summed E-state index contributed by atoms with van der Waals surface area (Å²) in [6, 6.07) is 8.84. The predicted octanol–water partition coefficient (Wildman–Crippen LogP) is 3.67. The molecule has 7 heteroatoms. The van der Waals surface area contributed by atoms with Crippen molar-refractivity contribution >= 4 is 27.1 Å². The third-order valence-electron chi connectivity index (χ3n) is 4.77. The van der Waals surface area contributed by atoms with E-state index in [0.29, 0.717) is 25.1 Å². The van der Waals surface area contributed by atoms with Gasteiger partial charge in [-0.2, -0.15) is 0 Å². The highest BCUT2D eigenvalue weighted by atomic mass is 32.2. The number of rotatable bonds is 7. The van der Waals surface area contributed by atoms with Crippen molar-refractivity contribution in [3.63, 3.8) is 0 Å². The summed E-state index contributed by atoms with van der Waals surface area (Å²) in [4.78, 5) is 16.0. The van der Waals surface area contributed by atoms with Gasteiger partial charge < -0.3 is 9.64 Å². The van der Waals surface area contributed by atoms with Crippen LogP contribution in [0.15, 0.2) is 35.7 Å². The van der Waals surface area contributed by atoms with Gasteiger partial charge in [-0.15, -0.1) is 11.3 Å². The van der Waals surface area contributed by atoms with E-state index >= 15 is 0 Å². The molecule has 1 fully saturated rings. The van der Waals surface area contributed by atoms with E-state index in [1.54, 1.807) is 40.5 Å². The van der Waals surface area contributed by atoms with Gasteiger partial charge in [0, 0.05) is 16.5 Å². The van der Waals surface area contributed by atoms with Crippen LogP contribution in [0.25, 0.3) is 0 Å². The molecular weight excluding hydrogens is 382 g/mol. The molecule has 1 aromatic heterocycles. The van der Waals surface area contributed by atoms with Gasteiger partial charge in [-0.05, 0) is 61.0 Å². The second-order valence-corrected chi connectivity index (χ2v) is 10.1. The maximum atomic E-state index is 13.2. The molecule has 146 valence electrons. The number of sulfone groups is 1. The van der Waals surface area contributed by atoms with Gasteiger partial charge in [0.15, 0.2) is 9.84 Å². The first-order valence-corrected chi connectivity index (χ1v) is 11.9. The quantitative estimate of drug-likeness (QED) is 0.702. The van der Waals surface area contributed by atoms with Crippen molar-refractivity contribution in [2.75, 3.05) is 18.1 Å². The maximum absolute atomic E-state index is 13.2. The molecule has 1 saturated heterocycles. The fourth-order valence-corrected chi connectivity index (χ4v) is 5.82. The number of benzene rings is 1. The van der Waals surface area contributed by atoms with Crippen molar-refractivity contribution in [1.29, 1.82) is 0 Å². The molecular formula is C20H25NO4S2. The highest BCUT2D eigenvalue weighted by Gasteiger charge is 2.35. The molecule has 5 nitrogen and oxygen atoms in total. The molecule has 0 bridgehead atoms. The number of ether oxygens (including phenoxy) is 1. The zero-order chi connectivity index (χ0) is 19.4. The van der Waals surface area contributed by atoms with E-state index in [1.807, 2.05) is 25.3 Å². The summed E-state index contributed by atoms with van der Waals surface area (Å²) in [7, 11) is -3.07. The summed E-state index contributed by atoms with van der Waals surface area (Å²) in [5.41, 5.74) is 1.68. The van der Waals surface area contributed by atoms with Gasteiger partial charge in [0.05, 0.1) is 24.7 Å². The molecule has 0 N–H and O–H groups in total. The molecule has 3 rings (SSSR count). The van der Waals surface area contributed by atoms with Crippen LogP contribution in [0, 0.1) is 6.92 Å². The van der Waals surface area contributed by atoms with E-state index in [1.165, 1.54) is 0 Å². The Morgan fingerprint density at radius 2 is 2.00 bits per heavy atom. The molecule has 1 aliphatic rings. The second-order valence-electron chi connectivity index (χ2n) is 6.89. The summed E-state index contributed by atoms with van der Waals surface area (Å²) in [6.07, 6.45) is 1.42. The van der Waals surface area contributed by atoms with Gasteiger partial charge in [0.2, 0.25) is 0 Å². The lowest BCUT2D eigenvalue weighted by molar-refractivity contribution is 0.0683. The Hall–Kier alpha value is -1.86. The summed E-state index contributed by atoms with van der Waals surface area (Å²) >= 11 is 1.60. The smallest absolute Gasteiger partial charge is 0.254 e. The number of hydrogen-bond acceptors (Lipinski definition) is 5. The van der Waals surface area contributed by atoms with Crippen LogP contribution in [-0.2, 0) is 16.4 Å². The number of carbonyl (C=O) groups excluding carboxylic acids is 1. The normalized spacial score (nSPS) is 18.4. The van der Waals surface area contributed by atoms with Crippen molar-refractivity contribution in [1.82, 2.24) is 4.90 Å². The van der Waals surface area contributed by atoms with Crippen molar-refractivity contribution in [3.05, 3.63) is 51.7 Å². The number of thiophene rings is 1. The van der Waals surface area contributed by atoms with Crippen molar-refractivity contribution in [2.24, 2.45) is 0 Å². The number of amides is 1. The molecule has 27 heavy (non-hydrogen) atoms. The topological polar surface area (TPSA) is 63.7 Å². The van der Waals surface area contributed by atoms with E-state index in [-0.39, 0.29) is 23.5 Å². The number of nitrogens with zero attached hydrogens (tertiary/aromatic N) is 1. The Labute approximate surface area is 164 Å². The van der Waals surface area contributed by atoms with Gasteiger partial charge >= 0.3 is 0 Å². The molecule has 0 spiro atoms. The van der Waals surface area contributed by atoms with Crippen LogP contribution < -0.4 is 4.74 Å².